The Morgan fingerprint density at radius 2 is 1.59 bits per heavy atom. The van der Waals surface area contributed by atoms with Crippen LogP contribution < -0.4 is 10.6 Å². The van der Waals surface area contributed by atoms with Gasteiger partial charge in [0.2, 0.25) is 11.8 Å². The van der Waals surface area contributed by atoms with Gasteiger partial charge in [-0.15, -0.1) is 0 Å². The molecule has 0 saturated heterocycles. The molecule has 142 valence electrons. The highest BCUT2D eigenvalue weighted by atomic mass is 19.4. The van der Waals surface area contributed by atoms with E-state index in [1.807, 2.05) is 0 Å². The van der Waals surface area contributed by atoms with Crippen LogP contribution in [-0.4, -0.2) is 11.8 Å². The van der Waals surface area contributed by atoms with Crippen LogP contribution in [-0.2, 0) is 22.3 Å². The second-order valence-electron chi connectivity index (χ2n) is 6.33. The van der Waals surface area contributed by atoms with E-state index in [0.717, 1.165) is 6.07 Å². The van der Waals surface area contributed by atoms with Gasteiger partial charge in [-0.1, -0.05) is 24.3 Å². The third-order valence-electron chi connectivity index (χ3n) is 4.33. The van der Waals surface area contributed by atoms with E-state index in [4.69, 9.17) is 0 Å². The molecule has 2 atom stereocenters. The number of nitrogens with one attached hydrogen (secondary N) is 2. The number of anilines is 1. The molecular weight excluding hydrogens is 364 g/mol. The summed E-state index contributed by atoms with van der Waals surface area (Å²) < 4.78 is 51.7. The molecule has 1 aliphatic carbocycles. The molecule has 2 unspecified atom stereocenters. The Labute approximate surface area is 152 Å². The fraction of sp³-hybridized carbons (Fsp3) is 0.263. The highest BCUT2D eigenvalue weighted by molar-refractivity contribution is 6.00. The van der Waals surface area contributed by atoms with Crippen molar-refractivity contribution in [3.8, 4) is 0 Å². The lowest BCUT2D eigenvalue weighted by atomic mass is 10.1. The molecule has 0 heterocycles. The zero-order valence-corrected chi connectivity index (χ0v) is 14.0. The molecule has 27 heavy (non-hydrogen) atoms. The standard InChI is InChI=1S/C19H16F4N2O2/c20-12-7-5-11(6-8-12)10-24-17(26)13-9-14(13)18(27)25-16-4-2-1-3-15(16)19(21,22)23/h1-8,13-14H,9-10H2,(H,24,26)(H,25,27). The lowest BCUT2D eigenvalue weighted by molar-refractivity contribution is -0.137. The van der Waals surface area contributed by atoms with E-state index in [9.17, 15) is 27.2 Å². The van der Waals surface area contributed by atoms with Gasteiger partial charge in [0.1, 0.15) is 5.82 Å². The molecule has 0 aromatic heterocycles. The van der Waals surface area contributed by atoms with Crippen LogP contribution in [0.25, 0.3) is 0 Å². The molecule has 4 nitrogen and oxygen atoms in total. The summed E-state index contributed by atoms with van der Waals surface area (Å²) >= 11 is 0. The Bertz CT molecular complexity index is 850. The van der Waals surface area contributed by atoms with Crippen molar-refractivity contribution in [2.45, 2.75) is 19.1 Å². The predicted octanol–water partition coefficient (Wildman–Crippen LogP) is 3.74. The Morgan fingerprint density at radius 1 is 0.963 bits per heavy atom. The van der Waals surface area contributed by atoms with Gasteiger partial charge in [-0.05, 0) is 36.2 Å². The van der Waals surface area contributed by atoms with Crippen LogP contribution in [0, 0.1) is 17.7 Å². The molecule has 0 aliphatic heterocycles. The number of alkyl halides is 3. The summed E-state index contributed by atoms with van der Waals surface area (Å²) in [4.78, 5) is 24.3. The zero-order chi connectivity index (χ0) is 19.6. The molecule has 8 heteroatoms. The molecule has 1 aliphatic rings. The van der Waals surface area contributed by atoms with Crippen LogP contribution >= 0.6 is 0 Å². The van der Waals surface area contributed by atoms with Gasteiger partial charge in [-0.2, -0.15) is 13.2 Å². The molecule has 2 aromatic carbocycles. The molecule has 1 saturated carbocycles. The Morgan fingerprint density at radius 3 is 2.26 bits per heavy atom. The number of halogens is 4. The van der Waals surface area contributed by atoms with Crippen molar-refractivity contribution in [3.63, 3.8) is 0 Å². The summed E-state index contributed by atoms with van der Waals surface area (Å²) in [5, 5.41) is 4.91. The van der Waals surface area contributed by atoms with Crippen molar-refractivity contribution in [1.82, 2.24) is 5.32 Å². The summed E-state index contributed by atoms with van der Waals surface area (Å²) in [5.74, 6) is -2.61. The minimum absolute atomic E-state index is 0.181. The van der Waals surface area contributed by atoms with Crippen molar-refractivity contribution in [3.05, 3.63) is 65.5 Å². The summed E-state index contributed by atoms with van der Waals surface area (Å²) in [7, 11) is 0. The van der Waals surface area contributed by atoms with E-state index in [1.54, 1.807) is 0 Å². The first kappa shape index (κ1) is 18.9. The minimum Gasteiger partial charge on any atom is -0.352 e. The average molecular weight is 380 g/mol. The second kappa shape index (κ2) is 7.38. The monoisotopic (exact) mass is 380 g/mol. The van der Waals surface area contributed by atoms with Gasteiger partial charge < -0.3 is 10.6 Å². The van der Waals surface area contributed by atoms with E-state index >= 15 is 0 Å². The van der Waals surface area contributed by atoms with Crippen molar-refractivity contribution in [2.75, 3.05) is 5.32 Å². The van der Waals surface area contributed by atoms with Gasteiger partial charge in [0.05, 0.1) is 23.1 Å². The van der Waals surface area contributed by atoms with Crippen LogP contribution in [0.4, 0.5) is 23.2 Å². The summed E-state index contributed by atoms with van der Waals surface area (Å²) in [6.07, 6.45) is -4.31. The van der Waals surface area contributed by atoms with Crippen LogP contribution in [0.3, 0.4) is 0 Å². The maximum Gasteiger partial charge on any atom is 0.418 e. The average Bonchev–Trinajstić information content (AvgIpc) is 3.41. The largest absolute Gasteiger partial charge is 0.418 e. The Hall–Kier alpha value is -2.90. The van der Waals surface area contributed by atoms with Gasteiger partial charge in [0.25, 0.3) is 0 Å². The van der Waals surface area contributed by atoms with Gasteiger partial charge in [-0.3, -0.25) is 9.59 Å². The number of hydrogen-bond donors (Lipinski definition) is 2. The molecule has 2 amide bonds. The number of hydrogen-bond acceptors (Lipinski definition) is 2. The van der Waals surface area contributed by atoms with Gasteiger partial charge in [0, 0.05) is 6.54 Å². The van der Waals surface area contributed by atoms with Crippen molar-refractivity contribution in [2.24, 2.45) is 11.8 Å². The van der Waals surface area contributed by atoms with E-state index in [2.05, 4.69) is 10.6 Å². The summed E-state index contributed by atoms with van der Waals surface area (Å²) in [6.45, 7) is 0.181. The fourth-order valence-electron chi connectivity index (χ4n) is 2.76. The maximum atomic E-state index is 13.0. The molecule has 0 spiro atoms. The number of para-hydroxylation sites is 1. The molecule has 2 aromatic rings. The van der Waals surface area contributed by atoms with Crippen LogP contribution in [0.2, 0.25) is 0 Å². The third kappa shape index (κ3) is 4.64. The lowest BCUT2D eigenvalue weighted by Crippen LogP contribution is -2.27. The SMILES string of the molecule is O=C(NCc1ccc(F)cc1)C1CC1C(=O)Nc1ccccc1C(F)(F)F. The Kier molecular flexibility index (Phi) is 5.16. The number of rotatable bonds is 5. The van der Waals surface area contributed by atoms with Crippen molar-refractivity contribution >= 4 is 17.5 Å². The molecule has 0 bridgehead atoms. The number of amides is 2. The van der Waals surface area contributed by atoms with E-state index < -0.39 is 29.5 Å². The number of benzene rings is 2. The highest BCUT2D eigenvalue weighted by Gasteiger charge is 2.48. The normalized spacial score (nSPS) is 18.7. The van der Waals surface area contributed by atoms with E-state index in [-0.39, 0.29) is 30.4 Å². The van der Waals surface area contributed by atoms with Crippen molar-refractivity contribution < 1.29 is 27.2 Å². The molecule has 2 N–H and O–H groups in total. The first-order chi connectivity index (χ1) is 12.8. The second-order valence-corrected chi connectivity index (χ2v) is 6.33. The van der Waals surface area contributed by atoms with Gasteiger partial charge in [0.15, 0.2) is 0 Å². The minimum atomic E-state index is -4.58. The van der Waals surface area contributed by atoms with Crippen LogP contribution in [0.1, 0.15) is 17.5 Å². The van der Waals surface area contributed by atoms with E-state index in [1.165, 1.54) is 42.5 Å². The third-order valence-corrected chi connectivity index (χ3v) is 4.33. The lowest BCUT2D eigenvalue weighted by Gasteiger charge is -2.13. The summed E-state index contributed by atoms with van der Waals surface area (Å²) in [6, 6.07) is 10.3. The smallest absolute Gasteiger partial charge is 0.352 e. The van der Waals surface area contributed by atoms with E-state index in [0.29, 0.717) is 5.56 Å². The maximum absolute atomic E-state index is 13.0. The fourth-order valence-corrected chi connectivity index (χ4v) is 2.76. The molecular formula is C19H16F4N2O2. The molecule has 0 radical (unpaired) electrons. The van der Waals surface area contributed by atoms with Crippen LogP contribution in [0.15, 0.2) is 48.5 Å². The predicted molar refractivity (Wildman–Crippen MR) is 89.9 cm³/mol. The van der Waals surface area contributed by atoms with Gasteiger partial charge in [-0.25, -0.2) is 4.39 Å². The van der Waals surface area contributed by atoms with Crippen LogP contribution in [0.5, 0.6) is 0 Å². The number of carbonyl (C=O) groups is 2. The highest BCUT2D eigenvalue weighted by Crippen LogP contribution is 2.41. The first-order valence-electron chi connectivity index (χ1n) is 8.25. The van der Waals surface area contributed by atoms with Crippen molar-refractivity contribution in [1.29, 1.82) is 0 Å². The molecule has 3 rings (SSSR count). The topological polar surface area (TPSA) is 58.2 Å². The Balaban J connectivity index is 1.55. The quantitative estimate of drug-likeness (QED) is 0.777. The first-order valence-corrected chi connectivity index (χ1v) is 8.25. The number of carbonyl (C=O) groups excluding carboxylic acids is 2. The molecule has 1 fully saturated rings. The zero-order valence-electron chi connectivity index (χ0n) is 14.0. The van der Waals surface area contributed by atoms with Gasteiger partial charge >= 0.3 is 6.18 Å². The summed E-state index contributed by atoms with van der Waals surface area (Å²) in [5.41, 5.74) is -0.561.